The number of ether oxygens (including phenoxy) is 2. The van der Waals surface area contributed by atoms with Gasteiger partial charge in [0.05, 0.1) is 28.8 Å². The lowest BCUT2D eigenvalue weighted by Gasteiger charge is -2.22. The van der Waals surface area contributed by atoms with Gasteiger partial charge in [0, 0.05) is 65.9 Å². The molecule has 0 bridgehead atoms. The molecular weight excluding hydrogens is 629 g/mol. The summed E-state index contributed by atoms with van der Waals surface area (Å²) in [6, 6.07) is 8.50. The largest absolute Gasteiger partial charge is 0.452 e. The number of nitrogens with zero attached hydrogens (tertiary/aromatic N) is 5. The monoisotopic (exact) mass is 672 g/mol. The summed E-state index contributed by atoms with van der Waals surface area (Å²) >= 11 is 3.60. The maximum Gasteiger partial charge on any atom is 0.414 e. The molecule has 0 aromatic carbocycles. The average molecular weight is 673 g/mol. The zero-order valence-electron chi connectivity index (χ0n) is 27.8. The smallest absolute Gasteiger partial charge is 0.414 e. The summed E-state index contributed by atoms with van der Waals surface area (Å²) in [6.07, 6.45) is 14.0. The van der Waals surface area contributed by atoms with E-state index in [9.17, 15) is 0 Å². The highest BCUT2D eigenvalue weighted by molar-refractivity contribution is 7.99. The van der Waals surface area contributed by atoms with Crippen LogP contribution in [0.1, 0.15) is 68.6 Å². The number of pyridine rings is 3. The van der Waals surface area contributed by atoms with Gasteiger partial charge in [-0.1, -0.05) is 31.4 Å². The van der Waals surface area contributed by atoms with E-state index >= 15 is 0 Å². The molecule has 9 nitrogen and oxygen atoms in total. The Morgan fingerprint density at radius 1 is 1.00 bits per heavy atom. The van der Waals surface area contributed by atoms with Crippen molar-refractivity contribution in [2.75, 3.05) is 38.4 Å². The van der Waals surface area contributed by atoms with Gasteiger partial charge < -0.3 is 19.2 Å². The van der Waals surface area contributed by atoms with E-state index in [1.807, 2.05) is 37.3 Å². The van der Waals surface area contributed by atoms with E-state index in [2.05, 4.69) is 57.5 Å². The molecule has 8 rings (SSSR count). The van der Waals surface area contributed by atoms with Gasteiger partial charge in [-0.05, 0) is 80.0 Å². The second-order valence-electron chi connectivity index (χ2n) is 12.0. The van der Waals surface area contributed by atoms with Gasteiger partial charge in [0.1, 0.15) is 5.82 Å². The normalized spacial score (nSPS) is 15.3. The van der Waals surface area contributed by atoms with Crippen molar-refractivity contribution in [3.63, 3.8) is 0 Å². The molecule has 0 saturated carbocycles. The molecule has 1 fully saturated rings. The van der Waals surface area contributed by atoms with Gasteiger partial charge in [0.25, 0.3) is 5.89 Å². The van der Waals surface area contributed by atoms with Gasteiger partial charge >= 0.3 is 6.08 Å². The fourth-order valence-corrected chi connectivity index (χ4v) is 8.74. The van der Waals surface area contributed by atoms with Crippen LogP contribution in [0.25, 0.3) is 32.0 Å². The molecule has 1 aliphatic carbocycles. The second kappa shape index (κ2) is 16.0. The number of thiophene rings is 1. The third kappa shape index (κ3) is 7.63. The van der Waals surface area contributed by atoms with Crippen molar-refractivity contribution in [3.05, 3.63) is 59.3 Å². The number of aromatic nitrogens is 5. The van der Waals surface area contributed by atoms with Gasteiger partial charge in [-0.15, -0.1) is 28.2 Å². The fraction of sp³-hybridized carbons (Fsp3) is 0.472. The number of fused-ring (bicyclic) bond motifs is 3. The van der Waals surface area contributed by atoms with Crippen LogP contribution in [0.15, 0.2) is 46.0 Å². The van der Waals surface area contributed by atoms with E-state index in [1.54, 1.807) is 18.4 Å². The van der Waals surface area contributed by atoms with Crippen LogP contribution in [0.3, 0.4) is 0 Å². The van der Waals surface area contributed by atoms with Crippen molar-refractivity contribution >= 4 is 39.0 Å². The van der Waals surface area contributed by atoms with Gasteiger partial charge in [0.2, 0.25) is 0 Å². The first-order chi connectivity index (χ1) is 23.1. The van der Waals surface area contributed by atoms with E-state index in [1.165, 1.54) is 47.5 Å². The topological polar surface area (TPSA) is 108 Å². The van der Waals surface area contributed by atoms with Crippen LogP contribution in [0.2, 0.25) is 0 Å². The molecule has 0 amide bonds. The van der Waals surface area contributed by atoms with Crippen molar-refractivity contribution < 1.29 is 13.9 Å². The zero-order valence-corrected chi connectivity index (χ0v) is 29.4. The Kier molecular flexibility index (Phi) is 11.4. The maximum absolute atomic E-state index is 5.96. The molecule has 47 heavy (non-hydrogen) atoms. The van der Waals surface area contributed by atoms with Crippen LogP contribution in [-0.4, -0.2) is 58.3 Å². The molecule has 5 aromatic rings. The lowest BCUT2D eigenvalue weighted by atomic mass is 9.91. The lowest BCUT2D eigenvalue weighted by molar-refractivity contribution is 0.0639. The third-order valence-electron chi connectivity index (χ3n) is 8.57. The van der Waals surface area contributed by atoms with Crippen molar-refractivity contribution in [1.82, 2.24) is 25.1 Å². The summed E-state index contributed by atoms with van der Waals surface area (Å²) in [5.41, 5.74) is 7.06. The SMILES string of the molecule is CCC.CNc1nccc2cc(-c3c4c(nc(CCC5CCOCC5)c3-c3nnc(OC)o3)CCS4)sc12.c1cnc2c(c1)CCC2. The minimum atomic E-state index is 0.160. The van der Waals surface area contributed by atoms with Crippen molar-refractivity contribution in [3.8, 4) is 28.0 Å². The van der Waals surface area contributed by atoms with Crippen LogP contribution in [0, 0.1) is 5.92 Å². The van der Waals surface area contributed by atoms with Crippen LogP contribution in [0.5, 0.6) is 6.08 Å². The Bertz CT molecular complexity index is 1760. The van der Waals surface area contributed by atoms with E-state index in [0.29, 0.717) is 11.8 Å². The number of nitrogens with one attached hydrogen (secondary N) is 1. The molecule has 1 N–H and O–H groups in total. The van der Waals surface area contributed by atoms with E-state index in [4.69, 9.17) is 18.9 Å². The average Bonchev–Trinajstić information content (AvgIpc) is 3.93. The fourth-order valence-electron chi connectivity index (χ4n) is 6.30. The number of aryl methyl sites for hydroxylation is 4. The highest BCUT2D eigenvalue weighted by Crippen LogP contribution is 2.49. The minimum absolute atomic E-state index is 0.160. The first kappa shape index (κ1) is 33.4. The molecule has 0 unspecified atom stereocenters. The molecule has 248 valence electrons. The quantitative estimate of drug-likeness (QED) is 0.181. The molecule has 2 aliphatic heterocycles. The molecule has 11 heteroatoms. The summed E-state index contributed by atoms with van der Waals surface area (Å²) in [7, 11) is 3.45. The predicted molar refractivity (Wildman–Crippen MR) is 191 cm³/mol. The Hall–Kier alpha value is -3.54. The van der Waals surface area contributed by atoms with Gasteiger partial charge in [0.15, 0.2) is 0 Å². The summed E-state index contributed by atoms with van der Waals surface area (Å²) in [4.78, 5) is 16.3. The third-order valence-corrected chi connectivity index (χ3v) is 10.9. The van der Waals surface area contributed by atoms with Crippen molar-refractivity contribution in [2.24, 2.45) is 5.92 Å². The summed E-state index contributed by atoms with van der Waals surface area (Å²) in [5, 5.41) is 12.9. The predicted octanol–water partition coefficient (Wildman–Crippen LogP) is 8.45. The van der Waals surface area contributed by atoms with Gasteiger partial charge in [-0.3, -0.25) is 9.97 Å². The number of methoxy groups -OCH3 is 1. The number of rotatable bonds is 7. The van der Waals surface area contributed by atoms with Gasteiger partial charge in [-0.25, -0.2) is 4.98 Å². The number of hydrogen-bond donors (Lipinski definition) is 1. The Balaban J connectivity index is 0.000000271. The molecule has 0 atom stereocenters. The molecular formula is C36H44N6O3S2. The van der Waals surface area contributed by atoms with Crippen molar-refractivity contribution in [2.45, 2.75) is 76.5 Å². The lowest BCUT2D eigenvalue weighted by Crippen LogP contribution is -2.16. The molecule has 0 radical (unpaired) electrons. The maximum atomic E-state index is 5.96. The summed E-state index contributed by atoms with van der Waals surface area (Å²) in [5.74, 6) is 3.03. The first-order valence-corrected chi connectivity index (χ1v) is 18.6. The van der Waals surface area contributed by atoms with Crippen LogP contribution >= 0.6 is 23.1 Å². The number of anilines is 1. The van der Waals surface area contributed by atoms with Crippen LogP contribution in [-0.2, 0) is 30.4 Å². The zero-order chi connectivity index (χ0) is 32.6. The Morgan fingerprint density at radius 2 is 1.85 bits per heavy atom. The second-order valence-corrected chi connectivity index (χ2v) is 14.1. The number of hydrogen-bond acceptors (Lipinski definition) is 11. The molecule has 0 spiro atoms. The standard InChI is InChI=1S/C25H27N5O3S2.C8H9N.C3H8/c1-26-23-21-15(5-9-27-23)13-18(35-21)20-19(24-29-30-25(31-2)33-24)16(28-17-8-12-34-22(17)20)4-3-14-6-10-32-11-7-14;1-3-7-4-2-6-9-8(7)5-1;1-3-2/h5,9,13-14H,3-4,6-8,10-12H2,1-2H3,(H,26,27);2,4,6H,1,3,5H2;3H2,1-2H3. The number of thioether (sulfide) groups is 1. The Morgan fingerprint density at radius 3 is 2.62 bits per heavy atom. The molecule has 1 saturated heterocycles. The van der Waals surface area contributed by atoms with Gasteiger partial charge in [-0.2, -0.15) is 0 Å². The van der Waals surface area contributed by atoms with Crippen LogP contribution < -0.4 is 10.1 Å². The molecule has 7 heterocycles. The van der Waals surface area contributed by atoms with E-state index in [-0.39, 0.29) is 6.08 Å². The highest BCUT2D eigenvalue weighted by Gasteiger charge is 2.30. The molecule has 3 aliphatic rings. The Labute approximate surface area is 285 Å². The molecule has 5 aromatic heterocycles. The highest BCUT2D eigenvalue weighted by atomic mass is 32.2. The first-order valence-electron chi connectivity index (χ1n) is 16.8. The summed E-state index contributed by atoms with van der Waals surface area (Å²) in [6.45, 7) is 5.95. The van der Waals surface area contributed by atoms with E-state index in [0.717, 1.165) is 88.7 Å². The summed E-state index contributed by atoms with van der Waals surface area (Å²) < 4.78 is 17.9. The van der Waals surface area contributed by atoms with Crippen molar-refractivity contribution in [1.29, 1.82) is 0 Å². The van der Waals surface area contributed by atoms with Crippen LogP contribution in [0.4, 0.5) is 5.82 Å². The van der Waals surface area contributed by atoms with E-state index < -0.39 is 0 Å². The minimum Gasteiger partial charge on any atom is -0.452 e.